The zero-order valence-electron chi connectivity index (χ0n) is 19.2. The summed E-state index contributed by atoms with van der Waals surface area (Å²) in [4.78, 5) is 7.34. The van der Waals surface area contributed by atoms with Gasteiger partial charge in [0, 0.05) is 38.3 Å². The third-order valence-electron chi connectivity index (χ3n) is 5.72. The molecular formula is C21H42IN7. The summed E-state index contributed by atoms with van der Waals surface area (Å²) < 4.78 is 2.00. The maximum absolute atomic E-state index is 4.81. The molecule has 2 N–H and O–H groups in total. The van der Waals surface area contributed by atoms with E-state index in [0.29, 0.717) is 24.7 Å². The number of hydrogen-bond donors (Lipinski definition) is 2. The van der Waals surface area contributed by atoms with E-state index in [0.717, 1.165) is 37.1 Å². The van der Waals surface area contributed by atoms with E-state index < -0.39 is 0 Å². The van der Waals surface area contributed by atoms with Gasteiger partial charge in [-0.05, 0) is 53.9 Å². The standard InChI is InChI=1S/C21H41N7.HI/c1-16(2)28(17(3)4)14-10-13-22-21(24-19-11-8-7-9-12-19)23-15-20-26-25-18(5)27(20)6;/h16-17,19H,7-15H2,1-6H3,(H2,22,23,24);1H. The van der Waals surface area contributed by atoms with Gasteiger partial charge in [0.2, 0.25) is 0 Å². The highest BCUT2D eigenvalue weighted by Crippen LogP contribution is 2.17. The minimum atomic E-state index is 0. The van der Waals surface area contributed by atoms with Crippen LogP contribution in [-0.2, 0) is 13.6 Å². The molecule has 0 radical (unpaired) electrons. The van der Waals surface area contributed by atoms with E-state index in [9.17, 15) is 0 Å². The van der Waals surface area contributed by atoms with Gasteiger partial charge in [0.15, 0.2) is 11.8 Å². The number of nitrogens with zero attached hydrogens (tertiary/aromatic N) is 5. The minimum Gasteiger partial charge on any atom is -0.356 e. The molecule has 0 unspecified atom stereocenters. The van der Waals surface area contributed by atoms with E-state index in [2.05, 4.69) is 53.4 Å². The summed E-state index contributed by atoms with van der Waals surface area (Å²) in [7, 11) is 1.99. The van der Waals surface area contributed by atoms with Crippen molar-refractivity contribution in [1.82, 2.24) is 30.3 Å². The molecule has 1 aromatic rings. The van der Waals surface area contributed by atoms with Crippen LogP contribution in [-0.4, -0.2) is 56.8 Å². The molecule has 7 nitrogen and oxygen atoms in total. The van der Waals surface area contributed by atoms with E-state index in [1.54, 1.807) is 0 Å². The lowest BCUT2D eigenvalue weighted by atomic mass is 9.96. The van der Waals surface area contributed by atoms with Crippen LogP contribution >= 0.6 is 24.0 Å². The Morgan fingerprint density at radius 2 is 1.79 bits per heavy atom. The second kappa shape index (κ2) is 13.4. The first-order valence-electron chi connectivity index (χ1n) is 11.0. The topological polar surface area (TPSA) is 70.4 Å². The first-order valence-corrected chi connectivity index (χ1v) is 11.0. The average Bonchev–Trinajstić information content (AvgIpc) is 2.98. The van der Waals surface area contributed by atoms with Crippen molar-refractivity contribution >= 4 is 29.9 Å². The van der Waals surface area contributed by atoms with Crippen molar-refractivity contribution < 1.29 is 0 Å². The molecule has 1 heterocycles. The molecule has 1 aliphatic rings. The van der Waals surface area contributed by atoms with Gasteiger partial charge in [-0.1, -0.05) is 19.3 Å². The van der Waals surface area contributed by atoms with Crippen LogP contribution in [0.3, 0.4) is 0 Å². The molecule has 1 aromatic heterocycles. The summed E-state index contributed by atoms with van der Waals surface area (Å²) in [5, 5.41) is 15.6. The van der Waals surface area contributed by atoms with Gasteiger partial charge >= 0.3 is 0 Å². The predicted octanol–water partition coefficient (Wildman–Crippen LogP) is 3.62. The molecule has 0 aliphatic heterocycles. The van der Waals surface area contributed by atoms with Crippen molar-refractivity contribution in [3.05, 3.63) is 11.6 Å². The van der Waals surface area contributed by atoms with Gasteiger partial charge in [0.25, 0.3) is 0 Å². The molecule has 29 heavy (non-hydrogen) atoms. The van der Waals surface area contributed by atoms with Gasteiger partial charge in [-0.2, -0.15) is 0 Å². The number of rotatable bonds is 9. The highest BCUT2D eigenvalue weighted by atomic mass is 127. The fraction of sp³-hybridized carbons (Fsp3) is 0.857. The third-order valence-corrected chi connectivity index (χ3v) is 5.72. The monoisotopic (exact) mass is 519 g/mol. The summed E-state index contributed by atoms with van der Waals surface area (Å²) in [6, 6.07) is 1.68. The van der Waals surface area contributed by atoms with Crippen molar-refractivity contribution in [1.29, 1.82) is 0 Å². The van der Waals surface area contributed by atoms with Gasteiger partial charge < -0.3 is 15.2 Å². The smallest absolute Gasteiger partial charge is 0.191 e. The van der Waals surface area contributed by atoms with E-state index >= 15 is 0 Å². The summed E-state index contributed by atoms with van der Waals surface area (Å²) in [6.07, 6.45) is 7.55. The molecule has 0 bridgehead atoms. The SMILES string of the molecule is Cc1nnc(CN=C(NCCCN(C(C)C)C(C)C)NC2CCCCC2)n1C.I. The van der Waals surface area contributed by atoms with Gasteiger partial charge in [0.1, 0.15) is 12.4 Å². The Hall–Kier alpha value is -0.900. The Kier molecular flexibility index (Phi) is 12.1. The molecule has 1 saturated carbocycles. The number of aliphatic imine (C=N–C) groups is 1. The molecule has 0 spiro atoms. The quantitative estimate of drug-likeness (QED) is 0.226. The Labute approximate surface area is 194 Å². The van der Waals surface area contributed by atoms with E-state index in [4.69, 9.17) is 4.99 Å². The zero-order valence-corrected chi connectivity index (χ0v) is 21.6. The number of guanidine groups is 1. The summed E-state index contributed by atoms with van der Waals surface area (Å²) in [5.74, 6) is 2.73. The summed E-state index contributed by atoms with van der Waals surface area (Å²) in [5.41, 5.74) is 0. The molecule has 0 saturated heterocycles. The number of hydrogen-bond acceptors (Lipinski definition) is 4. The molecular weight excluding hydrogens is 477 g/mol. The summed E-state index contributed by atoms with van der Waals surface area (Å²) in [6.45, 7) is 13.6. The lowest BCUT2D eigenvalue weighted by molar-refractivity contribution is 0.173. The lowest BCUT2D eigenvalue weighted by Crippen LogP contribution is -2.45. The second-order valence-electron chi connectivity index (χ2n) is 8.57. The zero-order chi connectivity index (χ0) is 20.5. The molecule has 0 amide bonds. The predicted molar refractivity (Wildman–Crippen MR) is 132 cm³/mol. The van der Waals surface area contributed by atoms with Crippen molar-refractivity contribution in [2.45, 2.75) is 97.8 Å². The van der Waals surface area contributed by atoms with Crippen LogP contribution in [0.4, 0.5) is 0 Å². The molecule has 168 valence electrons. The Morgan fingerprint density at radius 1 is 1.14 bits per heavy atom. The first kappa shape index (κ1) is 26.1. The van der Waals surface area contributed by atoms with Crippen LogP contribution in [0.25, 0.3) is 0 Å². The number of halogens is 1. The fourth-order valence-electron chi connectivity index (χ4n) is 3.91. The minimum absolute atomic E-state index is 0. The van der Waals surface area contributed by atoms with Gasteiger partial charge in [0.05, 0.1) is 0 Å². The van der Waals surface area contributed by atoms with Crippen molar-refractivity contribution in [2.75, 3.05) is 13.1 Å². The van der Waals surface area contributed by atoms with Crippen molar-refractivity contribution in [3.63, 3.8) is 0 Å². The lowest BCUT2D eigenvalue weighted by Gasteiger charge is -2.30. The number of nitrogens with one attached hydrogen (secondary N) is 2. The number of aromatic nitrogens is 3. The van der Waals surface area contributed by atoms with Crippen LogP contribution in [0.15, 0.2) is 4.99 Å². The van der Waals surface area contributed by atoms with Crippen LogP contribution in [0, 0.1) is 6.92 Å². The maximum Gasteiger partial charge on any atom is 0.191 e. The second-order valence-corrected chi connectivity index (χ2v) is 8.57. The molecule has 8 heteroatoms. The molecule has 1 fully saturated rings. The van der Waals surface area contributed by atoms with Gasteiger partial charge in [-0.3, -0.25) is 4.90 Å². The van der Waals surface area contributed by atoms with Crippen LogP contribution in [0.2, 0.25) is 0 Å². The van der Waals surface area contributed by atoms with E-state index in [1.165, 1.54) is 32.1 Å². The van der Waals surface area contributed by atoms with Gasteiger partial charge in [-0.15, -0.1) is 34.2 Å². The van der Waals surface area contributed by atoms with Crippen LogP contribution in [0.5, 0.6) is 0 Å². The molecule has 1 aliphatic carbocycles. The Bertz CT molecular complexity index is 598. The van der Waals surface area contributed by atoms with Crippen LogP contribution < -0.4 is 10.6 Å². The van der Waals surface area contributed by atoms with Gasteiger partial charge in [-0.25, -0.2) is 4.99 Å². The van der Waals surface area contributed by atoms with E-state index in [1.807, 2.05) is 18.5 Å². The first-order chi connectivity index (χ1) is 13.4. The molecule has 0 atom stereocenters. The van der Waals surface area contributed by atoms with Crippen molar-refractivity contribution in [3.8, 4) is 0 Å². The third kappa shape index (κ3) is 8.78. The Morgan fingerprint density at radius 3 is 2.34 bits per heavy atom. The van der Waals surface area contributed by atoms with Crippen LogP contribution in [0.1, 0.15) is 77.9 Å². The molecule has 0 aromatic carbocycles. The Balaban J connectivity index is 0.00000420. The molecule has 2 rings (SSSR count). The van der Waals surface area contributed by atoms with E-state index in [-0.39, 0.29) is 24.0 Å². The fourth-order valence-corrected chi connectivity index (χ4v) is 3.91. The highest BCUT2D eigenvalue weighted by Gasteiger charge is 2.16. The maximum atomic E-state index is 4.81. The highest BCUT2D eigenvalue weighted by molar-refractivity contribution is 14.0. The summed E-state index contributed by atoms with van der Waals surface area (Å²) >= 11 is 0. The number of aryl methyl sites for hydroxylation is 1. The largest absolute Gasteiger partial charge is 0.356 e. The average molecular weight is 520 g/mol. The normalized spacial score (nSPS) is 15.8. The van der Waals surface area contributed by atoms with Crippen molar-refractivity contribution in [2.24, 2.45) is 12.0 Å².